The first kappa shape index (κ1) is 25.0. The quantitative estimate of drug-likeness (QED) is 0.285. The smallest absolute Gasteiger partial charge is 0.406 e. The molecule has 0 aliphatic heterocycles. The largest absolute Gasteiger partial charge is 0.573 e. The lowest BCUT2D eigenvalue weighted by atomic mass is 9.69. The van der Waals surface area contributed by atoms with E-state index in [1.54, 1.807) is 12.1 Å². The van der Waals surface area contributed by atoms with Gasteiger partial charge in [-0.1, -0.05) is 70.1 Å². The molecule has 0 atom stereocenters. The Morgan fingerprint density at radius 1 is 0.812 bits per heavy atom. The number of benzene rings is 1. The van der Waals surface area contributed by atoms with Crippen LogP contribution in [0.25, 0.3) is 0 Å². The third kappa shape index (κ3) is 8.72. The minimum absolute atomic E-state index is 0.199. The van der Waals surface area contributed by atoms with E-state index in [1.165, 1.54) is 89.2 Å². The van der Waals surface area contributed by atoms with Gasteiger partial charge in [-0.3, -0.25) is 0 Å². The molecule has 0 N–H and O–H groups in total. The number of halogens is 3. The molecule has 4 heteroatoms. The second-order valence-corrected chi connectivity index (χ2v) is 9.94. The van der Waals surface area contributed by atoms with Crippen molar-refractivity contribution in [3.63, 3.8) is 0 Å². The summed E-state index contributed by atoms with van der Waals surface area (Å²) >= 11 is 0. The van der Waals surface area contributed by atoms with Crippen molar-refractivity contribution in [2.45, 2.75) is 103 Å². The first-order chi connectivity index (χ1) is 15.4. The third-order valence-electron chi connectivity index (χ3n) is 7.55. The molecule has 0 saturated heterocycles. The highest BCUT2D eigenvalue weighted by atomic mass is 19.4. The Bertz CT molecular complexity index is 712. The van der Waals surface area contributed by atoms with Crippen molar-refractivity contribution in [2.24, 2.45) is 23.7 Å². The van der Waals surface area contributed by atoms with Crippen LogP contribution in [0.2, 0.25) is 0 Å². The molecule has 0 aromatic heterocycles. The molecular formula is C28H39F3O. The lowest BCUT2D eigenvalue weighted by Crippen LogP contribution is -2.25. The number of alkyl halides is 3. The summed E-state index contributed by atoms with van der Waals surface area (Å²) in [7, 11) is 0. The minimum Gasteiger partial charge on any atom is -0.406 e. The van der Waals surface area contributed by atoms with Gasteiger partial charge < -0.3 is 4.74 Å². The first-order valence-corrected chi connectivity index (χ1v) is 12.8. The molecular weight excluding hydrogens is 409 g/mol. The van der Waals surface area contributed by atoms with E-state index in [1.807, 2.05) is 0 Å². The molecule has 0 radical (unpaired) electrons. The molecule has 0 unspecified atom stereocenters. The van der Waals surface area contributed by atoms with Gasteiger partial charge in [0.15, 0.2) is 0 Å². The number of unbranched alkanes of at least 4 members (excludes halogenated alkanes) is 4. The van der Waals surface area contributed by atoms with Crippen LogP contribution in [0, 0.1) is 35.5 Å². The normalized spacial score (nSPS) is 26.2. The fourth-order valence-corrected chi connectivity index (χ4v) is 5.65. The fraction of sp³-hybridized carbons (Fsp3) is 0.714. The number of hydrogen-bond donors (Lipinski definition) is 0. The summed E-state index contributed by atoms with van der Waals surface area (Å²) in [4.78, 5) is 0. The van der Waals surface area contributed by atoms with E-state index in [4.69, 9.17) is 0 Å². The fourth-order valence-electron chi connectivity index (χ4n) is 5.65. The lowest BCUT2D eigenvalue weighted by molar-refractivity contribution is -0.274. The summed E-state index contributed by atoms with van der Waals surface area (Å²) in [6.07, 6.45) is 14.4. The summed E-state index contributed by atoms with van der Waals surface area (Å²) in [5, 5.41) is 0. The average molecular weight is 449 g/mol. The molecule has 178 valence electrons. The van der Waals surface area contributed by atoms with Crippen molar-refractivity contribution in [2.75, 3.05) is 0 Å². The van der Waals surface area contributed by atoms with Crippen LogP contribution in [0.4, 0.5) is 13.2 Å². The van der Waals surface area contributed by atoms with Crippen LogP contribution < -0.4 is 4.74 Å². The first-order valence-electron chi connectivity index (χ1n) is 12.8. The monoisotopic (exact) mass is 448 g/mol. The molecule has 1 aromatic rings. The standard InChI is InChI=1S/C28H39F3O/c1-2-3-4-5-6-7-22-10-16-25(17-11-22)26-18-12-23(13-19-26)8-9-24-14-20-27(21-15-24)32-28(29,30)31/h14-15,20-23,25-26H,2-7,10-13,16-19H2,1H3/t22-,23-,25-,26-. The maximum Gasteiger partial charge on any atom is 0.573 e. The van der Waals surface area contributed by atoms with Crippen LogP contribution in [-0.2, 0) is 0 Å². The topological polar surface area (TPSA) is 9.23 Å². The van der Waals surface area contributed by atoms with Crippen molar-refractivity contribution in [1.29, 1.82) is 0 Å². The van der Waals surface area contributed by atoms with Crippen molar-refractivity contribution in [3.8, 4) is 17.6 Å². The van der Waals surface area contributed by atoms with E-state index in [0.29, 0.717) is 5.92 Å². The molecule has 2 fully saturated rings. The Morgan fingerprint density at radius 2 is 1.41 bits per heavy atom. The molecule has 2 aliphatic carbocycles. The van der Waals surface area contributed by atoms with Gasteiger partial charge in [-0.05, 0) is 80.5 Å². The van der Waals surface area contributed by atoms with Gasteiger partial charge in [0.2, 0.25) is 0 Å². The van der Waals surface area contributed by atoms with Crippen LogP contribution in [0.3, 0.4) is 0 Å². The maximum absolute atomic E-state index is 12.3. The van der Waals surface area contributed by atoms with Gasteiger partial charge in [-0.2, -0.15) is 0 Å². The highest BCUT2D eigenvalue weighted by Crippen LogP contribution is 2.42. The summed E-state index contributed by atoms with van der Waals surface area (Å²) in [5.74, 6) is 9.49. The predicted octanol–water partition coefficient (Wildman–Crippen LogP) is 8.91. The van der Waals surface area contributed by atoms with Crippen LogP contribution in [0.15, 0.2) is 24.3 Å². The third-order valence-corrected chi connectivity index (χ3v) is 7.55. The van der Waals surface area contributed by atoms with E-state index in [2.05, 4.69) is 23.5 Å². The Morgan fingerprint density at radius 3 is 2.00 bits per heavy atom. The molecule has 0 spiro atoms. The van der Waals surface area contributed by atoms with Crippen LogP contribution in [0.1, 0.15) is 102 Å². The Hall–Kier alpha value is -1.63. The second kappa shape index (κ2) is 12.6. The van der Waals surface area contributed by atoms with E-state index in [-0.39, 0.29) is 5.75 Å². The SMILES string of the molecule is CCCCCCC[C@H]1CC[C@H]([C@H]2CC[C@H](C#Cc3ccc(OC(F)(F)F)cc3)CC2)CC1. The minimum atomic E-state index is -4.65. The number of hydrogen-bond acceptors (Lipinski definition) is 1. The van der Waals surface area contributed by atoms with Gasteiger partial charge in [0.25, 0.3) is 0 Å². The molecule has 3 rings (SSSR count). The molecule has 32 heavy (non-hydrogen) atoms. The van der Waals surface area contributed by atoms with Crippen molar-refractivity contribution in [1.82, 2.24) is 0 Å². The Balaban J connectivity index is 1.35. The molecule has 0 bridgehead atoms. The van der Waals surface area contributed by atoms with Crippen LogP contribution >= 0.6 is 0 Å². The Kier molecular flexibility index (Phi) is 9.82. The molecule has 2 aliphatic rings. The number of rotatable bonds is 8. The van der Waals surface area contributed by atoms with Crippen LogP contribution in [-0.4, -0.2) is 6.36 Å². The average Bonchev–Trinajstić information content (AvgIpc) is 2.78. The molecule has 0 amide bonds. The summed E-state index contributed by atoms with van der Waals surface area (Å²) < 4.78 is 40.7. The summed E-state index contributed by atoms with van der Waals surface area (Å²) in [5.41, 5.74) is 0.745. The van der Waals surface area contributed by atoms with Gasteiger partial charge >= 0.3 is 6.36 Å². The van der Waals surface area contributed by atoms with Crippen molar-refractivity contribution < 1.29 is 17.9 Å². The summed E-state index contributed by atoms with van der Waals surface area (Å²) in [6.45, 7) is 2.28. The van der Waals surface area contributed by atoms with Gasteiger partial charge in [0.1, 0.15) is 5.75 Å². The van der Waals surface area contributed by atoms with Crippen molar-refractivity contribution in [3.05, 3.63) is 29.8 Å². The van der Waals surface area contributed by atoms with E-state index in [0.717, 1.165) is 36.2 Å². The second-order valence-electron chi connectivity index (χ2n) is 9.94. The molecule has 1 nitrogen and oxygen atoms in total. The molecule has 2 saturated carbocycles. The van der Waals surface area contributed by atoms with Crippen molar-refractivity contribution >= 4 is 0 Å². The van der Waals surface area contributed by atoms with Gasteiger partial charge in [0.05, 0.1) is 0 Å². The predicted molar refractivity (Wildman–Crippen MR) is 124 cm³/mol. The molecule has 0 heterocycles. The van der Waals surface area contributed by atoms with Gasteiger partial charge in [-0.25, -0.2) is 0 Å². The Labute approximate surface area is 192 Å². The van der Waals surface area contributed by atoms with Gasteiger partial charge in [-0.15, -0.1) is 13.2 Å². The zero-order valence-electron chi connectivity index (χ0n) is 19.6. The van der Waals surface area contributed by atoms with E-state index in [9.17, 15) is 13.2 Å². The highest BCUT2D eigenvalue weighted by Gasteiger charge is 2.31. The van der Waals surface area contributed by atoms with Gasteiger partial charge in [0, 0.05) is 11.5 Å². The van der Waals surface area contributed by atoms with E-state index >= 15 is 0 Å². The zero-order chi connectivity index (χ0) is 22.8. The van der Waals surface area contributed by atoms with Crippen LogP contribution in [0.5, 0.6) is 5.75 Å². The van der Waals surface area contributed by atoms with E-state index < -0.39 is 6.36 Å². The molecule has 1 aromatic carbocycles. The maximum atomic E-state index is 12.3. The highest BCUT2D eigenvalue weighted by molar-refractivity contribution is 5.38. The zero-order valence-corrected chi connectivity index (χ0v) is 19.6. The lowest BCUT2D eigenvalue weighted by Gasteiger charge is -2.37. The summed E-state index contributed by atoms with van der Waals surface area (Å²) in [6, 6.07) is 5.86. The number of ether oxygens (including phenoxy) is 1.